The van der Waals surface area contributed by atoms with Crippen molar-refractivity contribution < 1.29 is 14.4 Å². The van der Waals surface area contributed by atoms with Crippen molar-refractivity contribution in [1.82, 2.24) is 25.8 Å². The quantitative estimate of drug-likeness (QED) is 0.274. The van der Waals surface area contributed by atoms with Crippen LogP contribution in [0.4, 0.5) is 0 Å². The molecule has 3 atom stereocenters. The Balaban J connectivity index is 0.000000843. The molecule has 1 aliphatic heterocycles. The molecule has 1 heterocycles. The maximum atomic E-state index is 13.8. The molecule has 0 spiro atoms. The Morgan fingerprint density at radius 1 is 1.02 bits per heavy atom. The maximum Gasteiger partial charge on any atom is 0.246 e. The predicted octanol–water partition coefficient (Wildman–Crippen LogP) is 4.57. The molecule has 244 valence electrons. The Morgan fingerprint density at radius 3 is 2.20 bits per heavy atom. The van der Waals surface area contributed by atoms with E-state index in [0.29, 0.717) is 26.2 Å². The van der Waals surface area contributed by atoms with Crippen LogP contribution in [0.15, 0.2) is 60.7 Å². The van der Waals surface area contributed by atoms with Crippen molar-refractivity contribution in [2.24, 2.45) is 5.41 Å². The van der Waals surface area contributed by atoms with E-state index in [4.69, 9.17) is 0 Å². The van der Waals surface area contributed by atoms with Gasteiger partial charge in [0.25, 0.3) is 0 Å². The minimum Gasteiger partial charge on any atom is -0.342 e. The van der Waals surface area contributed by atoms with E-state index in [9.17, 15) is 14.4 Å². The van der Waals surface area contributed by atoms with Crippen molar-refractivity contribution in [3.63, 3.8) is 0 Å². The fourth-order valence-electron chi connectivity index (χ4n) is 5.15. The zero-order chi connectivity index (χ0) is 32.5. The first kappa shape index (κ1) is 37.0. The Bertz CT molecular complexity index is 1120. The van der Waals surface area contributed by atoms with Gasteiger partial charge in [-0.3, -0.25) is 14.4 Å². The zero-order valence-electron chi connectivity index (χ0n) is 28.2. The van der Waals surface area contributed by atoms with Crippen LogP contribution in [0.1, 0.15) is 71.4 Å². The second kappa shape index (κ2) is 19.2. The van der Waals surface area contributed by atoms with E-state index in [1.807, 2.05) is 67.0 Å². The van der Waals surface area contributed by atoms with Gasteiger partial charge >= 0.3 is 0 Å². The van der Waals surface area contributed by atoms with Crippen LogP contribution in [0.25, 0.3) is 0 Å². The first-order valence-corrected chi connectivity index (χ1v) is 16.3. The lowest BCUT2D eigenvalue weighted by Gasteiger charge is -2.37. The van der Waals surface area contributed by atoms with Crippen molar-refractivity contribution in [3.8, 4) is 0 Å². The normalized spacial score (nSPS) is 16.0. The molecule has 0 bridgehead atoms. The summed E-state index contributed by atoms with van der Waals surface area (Å²) in [6.07, 6.45) is 4.63. The molecule has 2 aromatic rings. The van der Waals surface area contributed by atoms with Gasteiger partial charge < -0.3 is 25.8 Å². The smallest absolute Gasteiger partial charge is 0.246 e. The molecule has 0 saturated carbocycles. The largest absolute Gasteiger partial charge is 0.342 e. The van der Waals surface area contributed by atoms with Gasteiger partial charge in [0.05, 0.1) is 12.6 Å². The fraction of sp³-hybridized carbons (Fsp3) is 0.583. The van der Waals surface area contributed by atoms with Gasteiger partial charge in [0.2, 0.25) is 17.7 Å². The molecule has 0 aliphatic carbocycles. The Kier molecular flexibility index (Phi) is 16.1. The predicted molar refractivity (Wildman–Crippen MR) is 180 cm³/mol. The fourth-order valence-corrected chi connectivity index (χ4v) is 5.15. The number of nitrogens with zero attached hydrogens (tertiary/aromatic N) is 2. The van der Waals surface area contributed by atoms with Crippen LogP contribution < -0.4 is 16.0 Å². The number of aryl methyl sites for hydroxylation is 1. The number of nitrogens with one attached hydrogen (secondary N) is 3. The molecule has 1 fully saturated rings. The lowest BCUT2D eigenvalue weighted by Crippen LogP contribution is -2.59. The van der Waals surface area contributed by atoms with E-state index in [1.165, 1.54) is 11.1 Å². The van der Waals surface area contributed by atoms with E-state index in [2.05, 4.69) is 54.1 Å². The van der Waals surface area contributed by atoms with Crippen LogP contribution in [-0.2, 0) is 20.8 Å². The summed E-state index contributed by atoms with van der Waals surface area (Å²) in [6, 6.07) is 19.4. The first-order valence-electron chi connectivity index (χ1n) is 16.3. The third kappa shape index (κ3) is 12.8. The number of likely N-dealkylation sites (tertiary alicyclic amines) is 1. The SMILES string of the molecule is CCCCNCC(=O)N(CCc1ccccc1)CC1CCCN1C(=O)C(NC(=O)[C@H](C)NC)C(C)(C)C.Cc1ccccc1. The van der Waals surface area contributed by atoms with Crippen LogP contribution in [0.3, 0.4) is 0 Å². The third-order valence-electron chi connectivity index (χ3n) is 8.11. The molecule has 2 unspecified atom stereocenters. The number of amides is 3. The topological polar surface area (TPSA) is 93.8 Å². The summed E-state index contributed by atoms with van der Waals surface area (Å²) in [4.78, 5) is 43.5. The van der Waals surface area contributed by atoms with E-state index in [1.54, 1.807) is 14.0 Å². The van der Waals surface area contributed by atoms with Gasteiger partial charge in [-0.15, -0.1) is 0 Å². The number of hydrogen-bond donors (Lipinski definition) is 3. The molecule has 8 nitrogen and oxygen atoms in total. The molecule has 1 aliphatic rings. The summed E-state index contributed by atoms with van der Waals surface area (Å²) < 4.78 is 0. The van der Waals surface area contributed by atoms with Crippen molar-refractivity contribution >= 4 is 17.7 Å². The van der Waals surface area contributed by atoms with Gasteiger partial charge in [-0.1, -0.05) is 100 Å². The number of hydrogen-bond acceptors (Lipinski definition) is 5. The zero-order valence-corrected chi connectivity index (χ0v) is 28.2. The number of benzene rings is 2. The van der Waals surface area contributed by atoms with Gasteiger partial charge in [-0.05, 0) is 64.1 Å². The van der Waals surface area contributed by atoms with Crippen molar-refractivity contribution in [2.45, 2.75) is 91.8 Å². The molecular weight excluding hydrogens is 550 g/mol. The Hall–Kier alpha value is -3.23. The van der Waals surface area contributed by atoms with Gasteiger partial charge in [0, 0.05) is 25.7 Å². The summed E-state index contributed by atoms with van der Waals surface area (Å²) in [5.74, 6) is -0.192. The number of likely N-dealkylation sites (N-methyl/N-ethyl adjacent to an activating group) is 1. The van der Waals surface area contributed by atoms with Crippen molar-refractivity contribution in [3.05, 3.63) is 71.8 Å². The molecule has 8 heteroatoms. The molecule has 0 radical (unpaired) electrons. The molecule has 2 aromatic carbocycles. The second-order valence-electron chi connectivity index (χ2n) is 12.9. The van der Waals surface area contributed by atoms with Gasteiger partial charge in [-0.2, -0.15) is 0 Å². The average molecular weight is 608 g/mol. The summed E-state index contributed by atoms with van der Waals surface area (Å²) in [5, 5.41) is 9.20. The Labute approximate surface area is 266 Å². The van der Waals surface area contributed by atoms with Gasteiger partial charge in [0.15, 0.2) is 0 Å². The second-order valence-corrected chi connectivity index (χ2v) is 12.9. The van der Waals surface area contributed by atoms with E-state index < -0.39 is 17.5 Å². The highest BCUT2D eigenvalue weighted by molar-refractivity contribution is 5.90. The van der Waals surface area contributed by atoms with Crippen molar-refractivity contribution in [2.75, 3.05) is 39.8 Å². The van der Waals surface area contributed by atoms with E-state index in [-0.39, 0.29) is 23.8 Å². The lowest BCUT2D eigenvalue weighted by molar-refractivity contribution is -0.142. The highest BCUT2D eigenvalue weighted by Gasteiger charge is 2.40. The summed E-state index contributed by atoms with van der Waals surface area (Å²) in [6.45, 7) is 14.8. The molecular formula is C36H57N5O3. The molecule has 3 N–H and O–H groups in total. The maximum absolute atomic E-state index is 13.8. The molecule has 0 aromatic heterocycles. The highest BCUT2D eigenvalue weighted by atomic mass is 16.2. The summed E-state index contributed by atoms with van der Waals surface area (Å²) in [7, 11) is 1.73. The number of rotatable bonds is 14. The molecule has 3 rings (SSSR count). The summed E-state index contributed by atoms with van der Waals surface area (Å²) in [5.41, 5.74) is 2.06. The summed E-state index contributed by atoms with van der Waals surface area (Å²) >= 11 is 0. The van der Waals surface area contributed by atoms with Crippen LogP contribution >= 0.6 is 0 Å². The highest BCUT2D eigenvalue weighted by Crippen LogP contribution is 2.26. The van der Waals surface area contributed by atoms with Crippen LogP contribution in [0.5, 0.6) is 0 Å². The minimum absolute atomic E-state index is 0.0636. The number of carbonyl (C=O) groups excluding carboxylic acids is 3. The van der Waals surface area contributed by atoms with Crippen LogP contribution in [0, 0.1) is 12.3 Å². The third-order valence-corrected chi connectivity index (χ3v) is 8.11. The first-order chi connectivity index (χ1) is 21.0. The van der Waals surface area contributed by atoms with Gasteiger partial charge in [-0.25, -0.2) is 0 Å². The molecule has 1 saturated heterocycles. The Morgan fingerprint density at radius 2 is 1.66 bits per heavy atom. The van der Waals surface area contributed by atoms with E-state index >= 15 is 0 Å². The monoisotopic (exact) mass is 607 g/mol. The molecule has 3 amide bonds. The minimum atomic E-state index is -0.638. The van der Waals surface area contributed by atoms with E-state index in [0.717, 1.165) is 38.6 Å². The molecule has 44 heavy (non-hydrogen) atoms. The van der Waals surface area contributed by atoms with Crippen LogP contribution in [0.2, 0.25) is 0 Å². The standard InChI is InChI=1S/C29H49N5O3.C7H8/c1-7-8-17-31-20-25(35)33(19-16-23-13-10-9-11-14-23)21-24-15-12-18-34(24)28(37)26(29(3,4)5)32-27(36)22(2)30-6;1-7-5-3-2-4-6-7/h9-11,13-14,22,24,26,30-31H,7-8,12,15-21H2,1-6H3,(H,32,36);2-6H,1H3/t22-,24?,26?;/m0./s1. The lowest BCUT2D eigenvalue weighted by atomic mass is 9.85. The average Bonchev–Trinajstić information content (AvgIpc) is 3.48. The number of carbonyl (C=O) groups is 3. The van der Waals surface area contributed by atoms with Crippen LogP contribution in [-0.4, -0.2) is 85.4 Å². The van der Waals surface area contributed by atoms with Gasteiger partial charge in [0.1, 0.15) is 6.04 Å². The van der Waals surface area contributed by atoms with Crippen molar-refractivity contribution in [1.29, 1.82) is 0 Å². The number of unbranched alkanes of at least 4 members (excludes halogenated alkanes) is 1.